The Morgan fingerprint density at radius 1 is 1.02 bits per heavy atom. The molecule has 208 valence electrons. The average Bonchev–Trinajstić information content (AvgIpc) is 3.40. The van der Waals surface area contributed by atoms with E-state index in [1.54, 1.807) is 55.6 Å². The predicted octanol–water partition coefficient (Wildman–Crippen LogP) is 5.77. The molecule has 41 heavy (non-hydrogen) atoms. The van der Waals surface area contributed by atoms with Gasteiger partial charge < -0.3 is 10.1 Å². The number of benzene rings is 3. The lowest BCUT2D eigenvalue weighted by Gasteiger charge is -2.30. The van der Waals surface area contributed by atoms with Crippen LogP contribution in [0.25, 0.3) is 0 Å². The van der Waals surface area contributed by atoms with E-state index in [0.717, 1.165) is 21.4 Å². The molecule has 3 atom stereocenters. The lowest BCUT2D eigenvalue weighted by molar-refractivity contribution is -0.122. The van der Waals surface area contributed by atoms with E-state index in [1.807, 2.05) is 24.3 Å². The summed E-state index contributed by atoms with van der Waals surface area (Å²) in [5, 5.41) is 3.04. The predicted molar refractivity (Wildman–Crippen MR) is 163 cm³/mol. The van der Waals surface area contributed by atoms with Gasteiger partial charge in [-0.15, -0.1) is 0 Å². The number of carbonyl (C=O) groups excluding carboxylic acids is 3. The largest absolute Gasteiger partial charge is 0.497 e. The van der Waals surface area contributed by atoms with Crippen molar-refractivity contribution in [2.45, 2.75) is 22.7 Å². The van der Waals surface area contributed by atoms with Crippen LogP contribution in [0.2, 0.25) is 5.02 Å². The second kappa shape index (κ2) is 11.1. The molecule has 3 unspecified atom stereocenters. The van der Waals surface area contributed by atoms with Gasteiger partial charge in [0.15, 0.2) is 0 Å². The number of fused-ring (bicyclic) bond motifs is 2. The van der Waals surface area contributed by atoms with E-state index >= 15 is 0 Å². The maximum atomic E-state index is 13.9. The lowest BCUT2D eigenvalue weighted by Crippen LogP contribution is -2.33. The molecule has 3 aromatic carbocycles. The van der Waals surface area contributed by atoms with Crippen molar-refractivity contribution in [2.24, 2.45) is 5.92 Å². The molecule has 2 aliphatic heterocycles. The number of nitrogens with one attached hydrogen (secondary N) is 1. The highest BCUT2D eigenvalue weighted by Crippen LogP contribution is 2.54. The standard InChI is InChI=1S/C29H21BrClN3O5S2/c1-39-20-11-7-18(8-12-20)32-21(35)14-33-28-25(41-29(33)38)22(15-3-2-4-16(30)13-15)23-24(40-28)27(37)34(26(23)36)19-9-5-17(31)6-10-19/h2-13,22-24H,14H2,1H3,(H,32,35). The number of hydrogen-bond acceptors (Lipinski definition) is 7. The molecule has 1 N–H and O–H groups in total. The summed E-state index contributed by atoms with van der Waals surface area (Å²) in [6.07, 6.45) is 0. The van der Waals surface area contributed by atoms with E-state index in [4.69, 9.17) is 16.3 Å². The number of methoxy groups -OCH3 is 1. The maximum Gasteiger partial charge on any atom is 0.308 e. The number of nitrogens with zero attached hydrogens (tertiary/aromatic N) is 2. The minimum absolute atomic E-state index is 0.241. The van der Waals surface area contributed by atoms with Crippen LogP contribution in [0, 0.1) is 5.92 Å². The maximum absolute atomic E-state index is 13.9. The number of halogens is 2. The monoisotopic (exact) mass is 669 g/mol. The molecule has 3 amide bonds. The van der Waals surface area contributed by atoms with Crippen LogP contribution >= 0.6 is 50.6 Å². The van der Waals surface area contributed by atoms with Crippen LogP contribution in [0.3, 0.4) is 0 Å². The van der Waals surface area contributed by atoms with E-state index < -0.39 is 23.0 Å². The summed E-state index contributed by atoms with van der Waals surface area (Å²) in [4.78, 5) is 55.6. The number of rotatable bonds is 6. The molecule has 0 radical (unpaired) electrons. The fraction of sp³-hybridized carbons (Fsp3) is 0.172. The van der Waals surface area contributed by atoms with Crippen LogP contribution in [0.1, 0.15) is 16.4 Å². The van der Waals surface area contributed by atoms with E-state index in [-0.39, 0.29) is 23.2 Å². The van der Waals surface area contributed by atoms with Gasteiger partial charge in [-0.25, -0.2) is 4.90 Å². The van der Waals surface area contributed by atoms with Gasteiger partial charge in [0.1, 0.15) is 17.5 Å². The third-order valence-corrected chi connectivity index (χ3v) is 10.4. The number of thioether (sulfide) groups is 1. The number of carbonyl (C=O) groups is 3. The summed E-state index contributed by atoms with van der Waals surface area (Å²) in [5.41, 5.74) is 1.79. The molecular formula is C29H21BrClN3O5S2. The zero-order chi connectivity index (χ0) is 28.8. The first kappa shape index (κ1) is 27.8. The third-order valence-electron chi connectivity index (χ3n) is 7.02. The topological polar surface area (TPSA) is 97.7 Å². The van der Waals surface area contributed by atoms with Crippen molar-refractivity contribution in [1.29, 1.82) is 0 Å². The third kappa shape index (κ3) is 5.12. The molecule has 0 spiro atoms. The zero-order valence-electron chi connectivity index (χ0n) is 21.4. The Kier molecular flexibility index (Phi) is 7.54. The molecule has 2 aliphatic rings. The van der Waals surface area contributed by atoms with Gasteiger partial charge >= 0.3 is 4.87 Å². The minimum Gasteiger partial charge on any atom is -0.497 e. The summed E-state index contributed by atoms with van der Waals surface area (Å²) < 4.78 is 7.36. The highest BCUT2D eigenvalue weighted by atomic mass is 79.9. The first-order chi connectivity index (χ1) is 19.7. The van der Waals surface area contributed by atoms with E-state index in [2.05, 4.69) is 21.2 Å². The smallest absolute Gasteiger partial charge is 0.308 e. The van der Waals surface area contributed by atoms with Gasteiger partial charge in [0.05, 0.1) is 23.7 Å². The number of imide groups is 1. The van der Waals surface area contributed by atoms with Gasteiger partial charge in [-0.1, -0.05) is 62.8 Å². The van der Waals surface area contributed by atoms with Crippen molar-refractivity contribution in [3.63, 3.8) is 0 Å². The molecule has 3 heterocycles. The quantitative estimate of drug-likeness (QED) is 0.262. The van der Waals surface area contributed by atoms with Crippen LogP contribution in [0.15, 0.2) is 87.1 Å². The van der Waals surface area contributed by atoms with Crippen LogP contribution in [-0.4, -0.2) is 34.6 Å². The van der Waals surface area contributed by atoms with E-state index in [1.165, 1.54) is 21.2 Å². The summed E-state index contributed by atoms with van der Waals surface area (Å²) in [7, 11) is 1.56. The molecule has 1 aromatic heterocycles. The van der Waals surface area contributed by atoms with Crippen LogP contribution < -0.4 is 19.8 Å². The molecule has 12 heteroatoms. The second-order valence-electron chi connectivity index (χ2n) is 9.49. The van der Waals surface area contributed by atoms with Crippen molar-refractivity contribution in [1.82, 2.24) is 4.57 Å². The van der Waals surface area contributed by atoms with Crippen molar-refractivity contribution in [3.8, 4) is 5.75 Å². The highest BCUT2D eigenvalue weighted by Gasteiger charge is 2.56. The van der Waals surface area contributed by atoms with Gasteiger partial charge in [0, 0.05) is 26.0 Å². The molecule has 1 fully saturated rings. The van der Waals surface area contributed by atoms with Crippen molar-refractivity contribution in [3.05, 3.63) is 102 Å². The first-order valence-electron chi connectivity index (χ1n) is 12.5. The summed E-state index contributed by atoms with van der Waals surface area (Å²) >= 11 is 11.7. The minimum atomic E-state index is -0.778. The zero-order valence-corrected chi connectivity index (χ0v) is 25.4. The SMILES string of the molecule is COc1ccc(NC(=O)Cn2c3c(sc2=O)C(c2cccc(Br)c2)C2C(=O)N(c4ccc(Cl)cc4)C(=O)C2S3)cc1. The Morgan fingerprint density at radius 3 is 2.44 bits per heavy atom. The molecule has 0 aliphatic carbocycles. The Bertz CT molecular complexity index is 1740. The van der Waals surface area contributed by atoms with Gasteiger partial charge in [0.25, 0.3) is 0 Å². The molecule has 0 saturated carbocycles. The fourth-order valence-corrected chi connectivity index (χ4v) is 8.49. The van der Waals surface area contributed by atoms with Gasteiger partial charge in [0.2, 0.25) is 17.7 Å². The van der Waals surface area contributed by atoms with Crippen molar-refractivity contribution in [2.75, 3.05) is 17.3 Å². The van der Waals surface area contributed by atoms with Crippen LogP contribution in [0.4, 0.5) is 11.4 Å². The summed E-state index contributed by atoms with van der Waals surface area (Å²) in [5.74, 6) is -1.73. The number of ether oxygens (including phenoxy) is 1. The Hall–Kier alpha value is -3.38. The first-order valence-corrected chi connectivity index (χ1v) is 15.3. The second-order valence-corrected chi connectivity index (χ2v) is 13.0. The lowest BCUT2D eigenvalue weighted by atomic mass is 9.83. The number of hydrogen-bond donors (Lipinski definition) is 1. The van der Waals surface area contributed by atoms with E-state index in [0.29, 0.717) is 32.1 Å². The molecule has 8 nitrogen and oxygen atoms in total. The Labute approximate surface area is 256 Å². The van der Waals surface area contributed by atoms with Crippen molar-refractivity contribution < 1.29 is 19.1 Å². The number of amides is 3. The normalized spacial score (nSPS) is 19.6. The fourth-order valence-electron chi connectivity index (χ4n) is 5.18. The van der Waals surface area contributed by atoms with E-state index in [9.17, 15) is 19.2 Å². The molecule has 1 saturated heterocycles. The average molecular weight is 671 g/mol. The van der Waals surface area contributed by atoms with Crippen LogP contribution in [-0.2, 0) is 20.9 Å². The molecule has 0 bridgehead atoms. The van der Waals surface area contributed by atoms with Gasteiger partial charge in [-0.2, -0.15) is 0 Å². The molecule has 6 rings (SSSR count). The number of thiazole rings is 1. The molecular weight excluding hydrogens is 650 g/mol. The Balaban J connectivity index is 1.39. The van der Waals surface area contributed by atoms with Gasteiger partial charge in [-0.05, 0) is 66.2 Å². The summed E-state index contributed by atoms with van der Waals surface area (Å²) in [6.45, 7) is -0.241. The van der Waals surface area contributed by atoms with Crippen LogP contribution in [0.5, 0.6) is 5.75 Å². The van der Waals surface area contributed by atoms with Crippen molar-refractivity contribution >= 4 is 79.7 Å². The number of aromatic nitrogens is 1. The molecule has 4 aromatic rings. The number of anilines is 2. The Morgan fingerprint density at radius 2 is 1.76 bits per heavy atom. The highest BCUT2D eigenvalue weighted by molar-refractivity contribution is 9.10. The summed E-state index contributed by atoms with van der Waals surface area (Å²) in [6, 6.07) is 20.9. The van der Waals surface area contributed by atoms with Gasteiger partial charge in [-0.3, -0.25) is 23.7 Å².